The number of carbonyl (C=O) groups excluding carboxylic acids is 1. The molecule has 0 spiro atoms. The van der Waals surface area contributed by atoms with Gasteiger partial charge in [-0.1, -0.05) is 35.1 Å². The number of hydrogen-bond donors (Lipinski definition) is 1. The molecule has 4 rings (SSSR count). The number of carboxylic acid groups (broad SMARTS) is 1. The Labute approximate surface area is 247 Å². The van der Waals surface area contributed by atoms with E-state index in [-0.39, 0.29) is 26.2 Å². The van der Waals surface area contributed by atoms with Crippen LogP contribution in [0.5, 0.6) is 0 Å². The van der Waals surface area contributed by atoms with E-state index in [9.17, 15) is 22.8 Å². The Kier molecular flexibility index (Phi) is 15.7. The second-order valence-corrected chi connectivity index (χ2v) is 12.8. The third-order valence-corrected chi connectivity index (χ3v) is 11.0. The summed E-state index contributed by atoms with van der Waals surface area (Å²) in [6.45, 7) is 9.83. The number of carboxylic acids is 1. The first-order chi connectivity index (χ1) is 18.9. The maximum Gasteiger partial charge on any atom is 0.391 e. The lowest BCUT2D eigenvalue weighted by molar-refractivity contribution is -0.196. The molecule has 8 unspecified atom stereocenters. The average Bonchev–Trinajstić information content (AvgIpc) is 3.29. The second kappa shape index (κ2) is 17.1. The fraction of sp³-hybridized carbons (Fsp3) is 0.939. The van der Waals surface area contributed by atoms with Crippen molar-refractivity contribution in [3.63, 3.8) is 0 Å². The lowest BCUT2D eigenvalue weighted by Gasteiger charge is -2.57. The van der Waals surface area contributed by atoms with Gasteiger partial charge in [0.25, 0.3) is 0 Å². The van der Waals surface area contributed by atoms with Gasteiger partial charge in [-0.15, -0.1) is 0 Å². The summed E-state index contributed by atoms with van der Waals surface area (Å²) in [6.07, 6.45) is 6.85. The number of carbonyl (C=O) groups is 2. The maximum atomic E-state index is 13.3. The number of fused-ring (bicyclic) bond motifs is 5. The van der Waals surface area contributed by atoms with Crippen molar-refractivity contribution < 1.29 is 37.3 Å². The van der Waals surface area contributed by atoms with Crippen LogP contribution in [0.25, 0.3) is 0 Å². The van der Waals surface area contributed by atoms with Gasteiger partial charge in [-0.25, -0.2) is 0 Å². The van der Waals surface area contributed by atoms with E-state index in [1.54, 1.807) is 7.11 Å². The normalized spacial score (nSPS) is 34.5. The first-order valence-corrected chi connectivity index (χ1v) is 15.8. The monoisotopic (exact) mass is 592 g/mol. The van der Waals surface area contributed by atoms with E-state index in [1.165, 1.54) is 39.2 Å². The Morgan fingerprint density at radius 3 is 2.20 bits per heavy atom. The lowest BCUT2D eigenvalue weighted by Crippen LogP contribution is -2.49. The molecule has 9 atom stereocenters. The molecule has 4 saturated carbocycles. The van der Waals surface area contributed by atoms with Gasteiger partial charge in [0, 0.05) is 26.6 Å². The van der Waals surface area contributed by atoms with Gasteiger partial charge < -0.3 is 14.6 Å². The Morgan fingerprint density at radius 2 is 1.61 bits per heavy atom. The van der Waals surface area contributed by atoms with Crippen molar-refractivity contribution in [3.8, 4) is 0 Å². The number of ether oxygens (including phenoxy) is 2. The van der Waals surface area contributed by atoms with Crippen LogP contribution < -0.4 is 0 Å². The van der Waals surface area contributed by atoms with Gasteiger partial charge in [-0.2, -0.15) is 13.2 Å². The van der Waals surface area contributed by atoms with Crippen molar-refractivity contribution >= 4 is 11.9 Å². The molecule has 0 aromatic carbocycles. The molecule has 0 aromatic rings. The molecule has 4 fully saturated rings. The van der Waals surface area contributed by atoms with Crippen LogP contribution in [0, 0.1) is 52.8 Å². The number of halogens is 3. The molecule has 8 heteroatoms. The van der Waals surface area contributed by atoms with Crippen molar-refractivity contribution in [1.82, 2.24) is 0 Å². The highest BCUT2D eigenvalue weighted by molar-refractivity contribution is 5.71. The smallest absolute Gasteiger partial charge is 0.391 e. The number of aliphatic carboxylic acids is 1. The Hall–Kier alpha value is -1.31. The summed E-state index contributed by atoms with van der Waals surface area (Å²) in [7, 11) is 3.08. The van der Waals surface area contributed by atoms with E-state index in [4.69, 9.17) is 9.84 Å². The number of hydrogen-bond acceptors (Lipinski definition) is 4. The van der Waals surface area contributed by atoms with Crippen molar-refractivity contribution in [2.75, 3.05) is 20.8 Å². The highest BCUT2D eigenvalue weighted by atomic mass is 19.4. The highest BCUT2D eigenvalue weighted by Crippen LogP contribution is 2.66. The zero-order valence-electron chi connectivity index (χ0n) is 25.7. The van der Waals surface area contributed by atoms with Gasteiger partial charge in [-0.05, 0) is 117 Å². The molecule has 242 valence electrons. The fourth-order valence-corrected chi connectivity index (χ4v) is 9.12. The molecule has 0 aliphatic heterocycles. The molecule has 41 heavy (non-hydrogen) atoms. The molecule has 0 saturated heterocycles. The molecular formula is C33H59F3O5. The number of methoxy groups -OCH3 is 2. The minimum atomic E-state index is -3.98. The molecule has 0 aromatic heterocycles. The largest absolute Gasteiger partial charge is 0.481 e. The fourth-order valence-electron chi connectivity index (χ4n) is 9.12. The molecule has 4 aliphatic rings. The van der Waals surface area contributed by atoms with E-state index in [1.807, 2.05) is 13.8 Å². The zero-order valence-corrected chi connectivity index (χ0v) is 25.7. The first kappa shape index (κ1) is 37.7. The van der Waals surface area contributed by atoms with Crippen LogP contribution in [0.4, 0.5) is 13.2 Å². The Morgan fingerprint density at radius 1 is 0.951 bits per heavy atom. The number of alkyl halides is 3. The summed E-state index contributed by atoms with van der Waals surface area (Å²) in [5.41, 5.74) is 0.449. The van der Waals surface area contributed by atoms with Crippen LogP contribution in [-0.2, 0) is 19.1 Å². The van der Waals surface area contributed by atoms with Crippen LogP contribution in [0.15, 0.2) is 0 Å². The minimum Gasteiger partial charge on any atom is -0.481 e. The topological polar surface area (TPSA) is 72.8 Å². The van der Waals surface area contributed by atoms with Crippen molar-refractivity contribution in [2.24, 2.45) is 52.8 Å². The van der Waals surface area contributed by atoms with Crippen LogP contribution in [-0.4, -0.2) is 44.0 Å². The van der Waals surface area contributed by atoms with Crippen LogP contribution in [0.2, 0.25) is 0 Å². The first-order valence-electron chi connectivity index (χ1n) is 15.8. The summed E-state index contributed by atoms with van der Waals surface area (Å²) in [4.78, 5) is 20.3. The van der Waals surface area contributed by atoms with E-state index < -0.39 is 18.1 Å². The zero-order chi connectivity index (χ0) is 30.1. The van der Waals surface area contributed by atoms with Gasteiger partial charge in [0.05, 0.1) is 13.0 Å². The van der Waals surface area contributed by atoms with E-state index in [0.29, 0.717) is 48.3 Å². The molecule has 0 heterocycles. The summed E-state index contributed by atoms with van der Waals surface area (Å²) in [6, 6.07) is 0. The standard InChI is InChI=1S/C24H39F3O.C6H10O4.C2H6.CH4/c1-15(11-13-28-3)21-8-9-22-20-6-4-16-14-17(24(25,26)27)5-7-18(16)19(20)10-12-23(21,22)2;1-10-6(9)4-2-3-5(7)8;1-2;/h15-22H,4-14H2,1-3H3;2-4H2,1H3,(H,7,8);1-2H3;1H4/t15-,16?,17?,18?,19?,20?,21?,22?,23?;;;/m1.../s1. The number of rotatable bonds is 8. The minimum absolute atomic E-state index is 0. The molecule has 0 radical (unpaired) electrons. The van der Waals surface area contributed by atoms with Crippen LogP contribution >= 0.6 is 0 Å². The SMILES string of the molecule is C.CC.COC(=O)CCCC(=O)O.COCC[C@@H](C)C1CCC2C3CCC4CC(C(F)(F)F)CCC4C3CCC21C. The molecule has 4 aliphatic carbocycles. The van der Waals surface area contributed by atoms with Gasteiger partial charge in [0.2, 0.25) is 0 Å². The quantitative estimate of drug-likeness (QED) is 0.285. The van der Waals surface area contributed by atoms with Crippen molar-refractivity contribution in [1.29, 1.82) is 0 Å². The van der Waals surface area contributed by atoms with Crippen LogP contribution in [0.3, 0.4) is 0 Å². The van der Waals surface area contributed by atoms with Gasteiger partial charge in [-0.3, -0.25) is 9.59 Å². The second-order valence-electron chi connectivity index (χ2n) is 12.8. The van der Waals surface area contributed by atoms with E-state index in [2.05, 4.69) is 18.6 Å². The van der Waals surface area contributed by atoms with Gasteiger partial charge in [0.1, 0.15) is 0 Å². The lowest BCUT2D eigenvalue weighted by atomic mass is 9.48. The summed E-state index contributed by atoms with van der Waals surface area (Å²) < 4.78 is 49.4. The molecule has 0 amide bonds. The highest BCUT2D eigenvalue weighted by Gasteiger charge is 2.58. The summed E-state index contributed by atoms with van der Waals surface area (Å²) >= 11 is 0. The maximum absolute atomic E-state index is 13.3. The van der Waals surface area contributed by atoms with Crippen molar-refractivity contribution in [3.05, 3.63) is 0 Å². The third-order valence-electron chi connectivity index (χ3n) is 11.0. The van der Waals surface area contributed by atoms with Crippen LogP contribution in [0.1, 0.15) is 119 Å². The molecular weight excluding hydrogens is 533 g/mol. The molecule has 1 N–H and O–H groups in total. The Bertz CT molecular complexity index is 787. The van der Waals surface area contributed by atoms with Gasteiger partial charge >= 0.3 is 18.1 Å². The van der Waals surface area contributed by atoms with E-state index in [0.717, 1.165) is 43.6 Å². The predicted octanol–water partition coefficient (Wildman–Crippen LogP) is 9.18. The predicted molar refractivity (Wildman–Crippen MR) is 157 cm³/mol. The average molecular weight is 593 g/mol. The van der Waals surface area contributed by atoms with Crippen molar-refractivity contribution in [2.45, 2.75) is 125 Å². The van der Waals surface area contributed by atoms with Gasteiger partial charge in [0.15, 0.2) is 0 Å². The molecule has 5 nitrogen and oxygen atoms in total. The van der Waals surface area contributed by atoms with E-state index >= 15 is 0 Å². The molecule has 0 bridgehead atoms. The number of esters is 1. The summed E-state index contributed by atoms with van der Waals surface area (Å²) in [5, 5.41) is 8.15. The summed E-state index contributed by atoms with van der Waals surface area (Å²) in [5.74, 6) is 2.44. The Balaban J connectivity index is 0.000000554. The third kappa shape index (κ3) is 9.59.